The molecule has 0 radical (unpaired) electrons. The van der Waals surface area contributed by atoms with Crippen molar-refractivity contribution < 1.29 is 14.3 Å². The SMILES string of the molecule is O=C(O)c1c(-c2ccc(F)cc2)nn2cc3c(cc12)CCCCCN3. The van der Waals surface area contributed by atoms with Crippen LogP contribution in [0.15, 0.2) is 36.5 Å². The van der Waals surface area contributed by atoms with Crippen molar-refractivity contribution in [2.45, 2.75) is 25.7 Å². The fourth-order valence-corrected chi connectivity index (χ4v) is 3.36. The number of fused-ring (bicyclic) bond motifs is 2. The van der Waals surface area contributed by atoms with E-state index >= 15 is 0 Å². The lowest BCUT2D eigenvalue weighted by Gasteiger charge is -2.16. The molecule has 1 aromatic carbocycles. The van der Waals surface area contributed by atoms with Gasteiger partial charge in [0.15, 0.2) is 0 Å². The highest BCUT2D eigenvalue weighted by atomic mass is 19.1. The first-order valence-electron chi connectivity index (χ1n) is 8.42. The van der Waals surface area contributed by atoms with Crippen LogP contribution in [0.25, 0.3) is 16.8 Å². The van der Waals surface area contributed by atoms with Gasteiger partial charge in [0.05, 0.1) is 17.4 Å². The van der Waals surface area contributed by atoms with Crippen LogP contribution < -0.4 is 5.32 Å². The quantitative estimate of drug-likeness (QED) is 0.741. The van der Waals surface area contributed by atoms with Gasteiger partial charge in [0.25, 0.3) is 0 Å². The van der Waals surface area contributed by atoms with Gasteiger partial charge >= 0.3 is 5.97 Å². The Bertz CT molecular complexity index is 947. The summed E-state index contributed by atoms with van der Waals surface area (Å²) in [5.41, 5.74) is 3.76. The molecule has 0 aliphatic carbocycles. The Morgan fingerprint density at radius 3 is 2.76 bits per heavy atom. The van der Waals surface area contributed by atoms with E-state index in [0.717, 1.165) is 43.5 Å². The van der Waals surface area contributed by atoms with Crippen molar-refractivity contribution in [3.05, 3.63) is 53.5 Å². The van der Waals surface area contributed by atoms with Crippen molar-refractivity contribution in [2.75, 3.05) is 11.9 Å². The molecular formula is C19H18FN3O2. The minimum absolute atomic E-state index is 0.150. The highest BCUT2D eigenvalue weighted by Crippen LogP contribution is 2.30. The van der Waals surface area contributed by atoms with Crippen LogP contribution in [0, 0.1) is 5.82 Å². The van der Waals surface area contributed by atoms with Gasteiger partial charge in [-0.05, 0) is 55.2 Å². The molecular weight excluding hydrogens is 321 g/mol. The Kier molecular flexibility index (Phi) is 3.87. The minimum atomic E-state index is -1.03. The molecule has 3 heterocycles. The van der Waals surface area contributed by atoms with Crippen molar-refractivity contribution in [3.63, 3.8) is 0 Å². The van der Waals surface area contributed by atoms with Gasteiger partial charge in [0, 0.05) is 12.1 Å². The van der Waals surface area contributed by atoms with E-state index in [9.17, 15) is 14.3 Å². The number of carbonyl (C=O) groups is 1. The summed E-state index contributed by atoms with van der Waals surface area (Å²) in [5.74, 6) is -1.40. The Morgan fingerprint density at radius 2 is 2.00 bits per heavy atom. The van der Waals surface area contributed by atoms with Gasteiger partial charge < -0.3 is 10.4 Å². The number of hydrogen-bond donors (Lipinski definition) is 2. The Labute approximate surface area is 144 Å². The zero-order chi connectivity index (χ0) is 17.4. The summed E-state index contributed by atoms with van der Waals surface area (Å²) in [4.78, 5) is 11.9. The number of hydrogen-bond acceptors (Lipinski definition) is 3. The van der Waals surface area contributed by atoms with Crippen LogP contribution in [0.1, 0.15) is 35.2 Å². The first-order chi connectivity index (χ1) is 12.1. The Morgan fingerprint density at radius 1 is 1.20 bits per heavy atom. The van der Waals surface area contributed by atoms with E-state index in [-0.39, 0.29) is 11.4 Å². The molecule has 4 rings (SSSR count). The maximum absolute atomic E-state index is 13.2. The van der Waals surface area contributed by atoms with Gasteiger partial charge in [-0.1, -0.05) is 6.42 Å². The van der Waals surface area contributed by atoms with E-state index in [1.54, 1.807) is 16.6 Å². The van der Waals surface area contributed by atoms with Crippen LogP contribution in [-0.4, -0.2) is 27.2 Å². The molecule has 128 valence electrons. The fourth-order valence-electron chi connectivity index (χ4n) is 3.36. The standard InChI is InChI=1S/C19H18FN3O2/c20-14-7-5-12(6-8-14)18-17(19(24)25)16-10-13-4-2-1-3-9-21-15(13)11-23(16)22-18/h5-8,10-11,21H,1-4,9H2,(H,24,25). The molecule has 2 aromatic heterocycles. The van der Waals surface area contributed by atoms with Crippen molar-refractivity contribution in [1.29, 1.82) is 0 Å². The first kappa shape index (κ1) is 15.6. The smallest absolute Gasteiger partial charge is 0.340 e. The fraction of sp³-hybridized carbons (Fsp3) is 0.263. The highest BCUT2D eigenvalue weighted by Gasteiger charge is 2.22. The molecule has 6 heteroatoms. The number of nitrogens with one attached hydrogen (secondary N) is 1. The number of anilines is 1. The molecule has 0 amide bonds. The van der Waals surface area contributed by atoms with Crippen LogP contribution in [-0.2, 0) is 6.42 Å². The van der Waals surface area contributed by atoms with E-state index in [4.69, 9.17) is 0 Å². The number of pyridine rings is 1. The zero-order valence-electron chi connectivity index (χ0n) is 13.6. The lowest BCUT2D eigenvalue weighted by atomic mass is 10.0. The van der Waals surface area contributed by atoms with Gasteiger partial charge in [0.2, 0.25) is 0 Å². The topological polar surface area (TPSA) is 66.6 Å². The molecule has 0 bridgehead atoms. The molecule has 0 saturated heterocycles. The first-order valence-corrected chi connectivity index (χ1v) is 8.42. The second-order valence-electron chi connectivity index (χ2n) is 6.32. The van der Waals surface area contributed by atoms with Crippen molar-refractivity contribution >= 4 is 17.2 Å². The van der Waals surface area contributed by atoms with E-state index in [1.165, 1.54) is 12.1 Å². The van der Waals surface area contributed by atoms with Gasteiger partial charge in [-0.2, -0.15) is 5.10 Å². The molecule has 1 aliphatic rings. The van der Waals surface area contributed by atoms with Crippen LogP contribution in [0.2, 0.25) is 0 Å². The second kappa shape index (κ2) is 6.20. The Balaban J connectivity index is 1.93. The monoisotopic (exact) mass is 339 g/mol. The molecule has 2 N–H and O–H groups in total. The number of halogens is 1. The van der Waals surface area contributed by atoms with Crippen molar-refractivity contribution in [3.8, 4) is 11.3 Å². The molecule has 0 fully saturated rings. The van der Waals surface area contributed by atoms with Crippen LogP contribution in [0.3, 0.4) is 0 Å². The number of aryl methyl sites for hydroxylation is 1. The molecule has 0 saturated carbocycles. The normalized spacial score (nSPS) is 14.4. The van der Waals surface area contributed by atoms with E-state index in [2.05, 4.69) is 10.4 Å². The zero-order valence-corrected chi connectivity index (χ0v) is 13.6. The molecule has 25 heavy (non-hydrogen) atoms. The number of aromatic carboxylic acids is 1. The van der Waals surface area contributed by atoms with E-state index < -0.39 is 5.97 Å². The van der Waals surface area contributed by atoms with Crippen molar-refractivity contribution in [1.82, 2.24) is 9.61 Å². The molecule has 0 atom stereocenters. The number of aromatic nitrogens is 2. The third-order valence-corrected chi connectivity index (χ3v) is 4.63. The summed E-state index contributed by atoms with van der Waals surface area (Å²) in [6.07, 6.45) is 6.14. The predicted molar refractivity (Wildman–Crippen MR) is 93.6 cm³/mol. The summed E-state index contributed by atoms with van der Waals surface area (Å²) < 4.78 is 14.8. The lowest BCUT2D eigenvalue weighted by Crippen LogP contribution is -2.09. The van der Waals surface area contributed by atoms with E-state index in [0.29, 0.717) is 16.8 Å². The summed E-state index contributed by atoms with van der Waals surface area (Å²) in [6.45, 7) is 0.899. The number of carboxylic acid groups (broad SMARTS) is 1. The van der Waals surface area contributed by atoms with Gasteiger partial charge in [0.1, 0.15) is 17.1 Å². The minimum Gasteiger partial charge on any atom is -0.478 e. The summed E-state index contributed by atoms with van der Waals surface area (Å²) in [5, 5.41) is 17.6. The van der Waals surface area contributed by atoms with Gasteiger partial charge in [-0.15, -0.1) is 0 Å². The molecule has 1 aliphatic heterocycles. The average Bonchev–Trinajstić information content (AvgIpc) is 2.94. The largest absolute Gasteiger partial charge is 0.478 e. The average molecular weight is 339 g/mol. The molecule has 5 nitrogen and oxygen atoms in total. The van der Waals surface area contributed by atoms with Gasteiger partial charge in [-0.25, -0.2) is 13.7 Å². The molecule has 0 unspecified atom stereocenters. The van der Waals surface area contributed by atoms with E-state index in [1.807, 2.05) is 12.3 Å². The predicted octanol–water partition coefficient (Wildman–Crippen LogP) is 3.98. The Hall–Kier alpha value is -2.89. The highest BCUT2D eigenvalue weighted by molar-refractivity contribution is 6.02. The number of rotatable bonds is 2. The van der Waals surface area contributed by atoms with Crippen LogP contribution in [0.5, 0.6) is 0 Å². The van der Waals surface area contributed by atoms with Crippen LogP contribution >= 0.6 is 0 Å². The maximum Gasteiger partial charge on any atom is 0.340 e. The summed E-state index contributed by atoms with van der Waals surface area (Å²) in [6, 6.07) is 7.64. The number of nitrogens with zero attached hydrogens (tertiary/aromatic N) is 2. The third kappa shape index (κ3) is 2.84. The summed E-state index contributed by atoms with van der Waals surface area (Å²) >= 11 is 0. The third-order valence-electron chi connectivity index (χ3n) is 4.63. The van der Waals surface area contributed by atoms with Gasteiger partial charge in [-0.3, -0.25) is 0 Å². The second-order valence-corrected chi connectivity index (χ2v) is 6.32. The number of benzene rings is 1. The molecule has 0 spiro atoms. The maximum atomic E-state index is 13.2. The van der Waals surface area contributed by atoms with Crippen molar-refractivity contribution in [2.24, 2.45) is 0 Å². The lowest BCUT2D eigenvalue weighted by molar-refractivity contribution is 0.0700. The molecule has 3 aromatic rings. The van der Waals surface area contributed by atoms with Crippen LogP contribution in [0.4, 0.5) is 10.1 Å². The summed E-state index contributed by atoms with van der Waals surface area (Å²) in [7, 11) is 0. The number of carboxylic acids is 1.